The van der Waals surface area contributed by atoms with Crippen LogP contribution in [0.1, 0.15) is 89.7 Å². The van der Waals surface area contributed by atoms with Crippen molar-refractivity contribution < 1.29 is 67.4 Å². The number of para-hydroxylation sites is 2. The molecule has 1 aliphatic heterocycles. The first kappa shape index (κ1) is 32.9. The van der Waals surface area contributed by atoms with Gasteiger partial charge in [0.05, 0.1) is 37.0 Å². The van der Waals surface area contributed by atoms with Crippen molar-refractivity contribution in [2.45, 2.75) is 52.4 Å². The van der Waals surface area contributed by atoms with Crippen molar-refractivity contribution in [2.75, 3.05) is 0 Å². The van der Waals surface area contributed by atoms with Gasteiger partial charge in [0.1, 0.15) is 11.5 Å². The third-order valence-electron chi connectivity index (χ3n) is 15.6. The molecule has 1 aliphatic rings. The molecule has 4 heterocycles. The minimum atomic E-state index is -6.51. The predicted molar refractivity (Wildman–Crippen MR) is 357 cm³/mol. The van der Waals surface area contributed by atoms with Gasteiger partial charge in [-0.2, -0.15) is 16.7 Å². The molecule has 0 N–H and O–H groups in total. The van der Waals surface area contributed by atoms with E-state index in [2.05, 4.69) is 32.9 Å². The van der Waals surface area contributed by atoms with Gasteiger partial charge in [-0.05, 0) is 106 Å². The molecule has 3 aromatic heterocycles. The molecule has 87 heavy (non-hydrogen) atoms. The summed E-state index contributed by atoms with van der Waals surface area (Å²) in [5.41, 5.74) is -1.19. The molecule has 11 aromatic carbocycles. The van der Waals surface area contributed by atoms with Gasteiger partial charge in [0, 0.05) is 66.7 Å². The van der Waals surface area contributed by atoms with Crippen LogP contribution >= 0.6 is 0 Å². The van der Waals surface area contributed by atoms with Gasteiger partial charge >= 0.3 is 0 Å². The van der Waals surface area contributed by atoms with Crippen molar-refractivity contribution in [3.05, 3.63) is 296 Å². The molecule has 0 radical (unpaired) electrons. The van der Waals surface area contributed by atoms with Crippen LogP contribution in [0.4, 0.5) is 0 Å². The van der Waals surface area contributed by atoms with E-state index in [4.69, 9.17) is 17.9 Å². The molecular weight excluding hydrogens is 1260 g/mol. The van der Waals surface area contributed by atoms with Crippen molar-refractivity contribution in [1.82, 2.24) is 14.1 Å². The van der Waals surface area contributed by atoms with E-state index in [1.807, 2.05) is 67.8 Å². The summed E-state index contributed by atoms with van der Waals surface area (Å²) < 4.78 is 273. The number of benzene rings is 11. The van der Waals surface area contributed by atoms with E-state index in [0.29, 0.717) is 16.9 Å². The zero-order chi connectivity index (χ0) is 81.8. The monoisotopic (exact) mass is 1350 g/mol. The zero-order valence-electron chi connectivity index (χ0n) is 74.4. The molecule has 0 aliphatic carbocycles. The molecule has 0 atom stereocenters. The van der Waals surface area contributed by atoms with Crippen LogP contribution < -0.4 is 30.1 Å². The van der Waals surface area contributed by atoms with Crippen LogP contribution in [0.25, 0.3) is 94.5 Å². The first-order valence-electron chi connectivity index (χ1n) is 41.1. The second-order valence-electron chi connectivity index (χ2n) is 22.8. The van der Waals surface area contributed by atoms with Gasteiger partial charge in [-0.3, -0.25) is 0 Å². The van der Waals surface area contributed by atoms with E-state index in [0.717, 1.165) is 21.9 Å². The minimum absolute atomic E-state index is 0. The fraction of sp³-hybridized carbons (Fsp3) is 0.100. The number of rotatable bonds is 9. The Morgan fingerprint density at radius 2 is 1.11 bits per heavy atom. The Labute approximate surface area is 562 Å². The topological polar surface area (TPSA) is 35.9 Å². The molecule has 15 rings (SSSR count). The molecule has 0 saturated carbocycles. The summed E-state index contributed by atoms with van der Waals surface area (Å²) in [6, 6.07) is 6.97. The molecule has 0 bridgehead atoms. The van der Waals surface area contributed by atoms with E-state index >= 15 is 0 Å². The van der Waals surface area contributed by atoms with Gasteiger partial charge in [-0.1, -0.05) is 253 Å². The Bertz CT molecular complexity index is 6340. The average Bonchev–Trinajstić information content (AvgIpc) is 0.764. The van der Waals surface area contributed by atoms with Crippen LogP contribution in [0.5, 0.6) is 11.5 Å². The number of hydrogen-bond acceptors (Lipinski definition) is 2. The molecule has 14 aromatic rings. The van der Waals surface area contributed by atoms with E-state index in [-0.39, 0.29) is 82.6 Å². The molecular formula is C80H63N4OPtSi-. The summed E-state index contributed by atoms with van der Waals surface area (Å²) in [5, 5.41) is -2.48. The Balaban J connectivity index is 0.0000108. The van der Waals surface area contributed by atoms with Gasteiger partial charge in [0.25, 0.3) is 6.33 Å². The standard InChI is InChI=1S/C80H63N4OSi.Pt/c1-79(2,3)56-45-46-81-76(49-56)84-73-40-22-21-37-67(73)68-43-41-59(51-74(68)84)85-58-28-23-27-57(50-58)82-53-83-77-69(38-24-39-72(77)80(4,5)6)70-52-63(86(60-29-13-8-14-30-60,61-31-15-9-16-32-61)62-33-17-10-18-34-62)42-44-66(70)64-35-19-20-36-65(64)71-47-55(48-75(82)78(71)83)54-25-11-7-12-26-54;/h7-49,52-53H,1-6H3;/q-1;/i7D,8D,9D,10D,11D,12D,13D,14D,15D,16D,17D,18D,19D,20D,25D,26D,29D,30D,31D,32D,33D,34D,35D,36D,42D,44D,52D;. The van der Waals surface area contributed by atoms with E-state index in [1.54, 1.807) is 58.1 Å². The third kappa shape index (κ3) is 9.42. The average molecular weight is 1350 g/mol. The maximum Gasteiger partial charge on any atom is 0.253 e. The number of aromatic nitrogens is 4. The Morgan fingerprint density at radius 3 is 1.79 bits per heavy atom. The number of nitrogens with zero attached hydrogens (tertiary/aromatic N) is 4. The fourth-order valence-electron chi connectivity index (χ4n) is 11.7. The maximum absolute atomic E-state index is 11.4. The first-order chi connectivity index (χ1) is 53.1. The Kier molecular flexibility index (Phi) is 8.24. The summed E-state index contributed by atoms with van der Waals surface area (Å²) in [6.45, 7) is 11.8. The maximum atomic E-state index is 11.4. The zero-order valence-corrected chi connectivity index (χ0v) is 50.7. The number of ether oxygens (including phenoxy) is 1. The molecule has 0 saturated heterocycles. The van der Waals surface area contributed by atoms with Crippen LogP contribution in [0, 0.1) is 12.1 Å². The van der Waals surface area contributed by atoms with Crippen LogP contribution in [-0.4, -0.2) is 22.2 Å². The van der Waals surface area contributed by atoms with Crippen LogP contribution in [0.2, 0.25) is 0 Å². The van der Waals surface area contributed by atoms with Crippen molar-refractivity contribution in [2.24, 2.45) is 0 Å². The summed E-state index contributed by atoms with van der Waals surface area (Å²) in [6.07, 6.45) is 3.32. The van der Waals surface area contributed by atoms with Crippen molar-refractivity contribution in [3.8, 4) is 73.2 Å². The van der Waals surface area contributed by atoms with E-state index in [9.17, 15) is 28.8 Å². The van der Waals surface area contributed by atoms with Crippen molar-refractivity contribution in [3.63, 3.8) is 0 Å². The van der Waals surface area contributed by atoms with Crippen LogP contribution in [0.15, 0.2) is 273 Å². The number of imidazole rings is 1. The van der Waals surface area contributed by atoms with Crippen molar-refractivity contribution in [1.29, 1.82) is 0 Å². The first-order valence-corrected chi connectivity index (χ1v) is 29.6. The predicted octanol–water partition coefficient (Wildman–Crippen LogP) is 16.7. The third-order valence-corrected chi connectivity index (χ3v) is 19.6. The summed E-state index contributed by atoms with van der Waals surface area (Å²) in [7, 11) is -6.51. The second-order valence-corrected chi connectivity index (χ2v) is 26.3. The second kappa shape index (κ2) is 21.8. The van der Waals surface area contributed by atoms with E-state index in [1.165, 1.54) is 18.2 Å². The molecule has 0 unspecified atom stereocenters. The molecule has 7 heteroatoms. The molecule has 0 amide bonds. The fourth-order valence-corrected chi connectivity index (χ4v) is 15.2. The number of hydrogen-bond donors (Lipinski definition) is 0. The Morgan fingerprint density at radius 1 is 0.494 bits per heavy atom. The normalized spacial score (nSPS) is 16.5. The Hall–Kier alpha value is -9.45. The quantitative estimate of drug-likeness (QED) is 0.0625. The number of fused-ring (bicyclic) bond motifs is 10. The van der Waals surface area contributed by atoms with Crippen LogP contribution in [0.3, 0.4) is 0 Å². The summed E-state index contributed by atoms with van der Waals surface area (Å²) in [5.74, 6) is 0.978. The van der Waals surface area contributed by atoms with E-state index < -0.39 is 220 Å². The van der Waals surface area contributed by atoms with Gasteiger partial charge in [0.2, 0.25) is 0 Å². The van der Waals surface area contributed by atoms with Crippen LogP contribution in [-0.2, 0) is 31.9 Å². The van der Waals surface area contributed by atoms with Crippen molar-refractivity contribution >= 4 is 61.7 Å². The molecule has 424 valence electrons. The van der Waals surface area contributed by atoms with Gasteiger partial charge < -0.3 is 9.30 Å². The summed E-state index contributed by atoms with van der Waals surface area (Å²) in [4.78, 5) is 4.83. The summed E-state index contributed by atoms with van der Waals surface area (Å²) >= 11 is 0. The molecule has 0 spiro atoms. The number of pyridine rings is 1. The smallest absolute Gasteiger partial charge is 0.253 e. The van der Waals surface area contributed by atoms with Gasteiger partial charge in [0.15, 0.2) is 19.1 Å². The van der Waals surface area contributed by atoms with Gasteiger partial charge in [-0.25, -0.2) is 9.55 Å². The SMILES string of the molecule is [2H]c1c([2H])c([2H])c(-c2cc3c4c(c2)n(-c2[c-]c(Oc5[c-]c6c(cc5)c5ccccc5n6-c5cc(C(C)(C)C)ccn5)ccc2)c[n+]4-c2c(cccc2C(C)(C)C)-c2c([2H])c([Si](c4c([2H])c([2H])c([2H])c([2H])c4[2H])(c4c([2H])c([2H])c([2H])c([2H])c4[2H])c4c([2H])c([2H])c([2H])c([2H])c4[2H])c([2H])c([2H])c2-c2c([2H])c([2H])c([2H])c([2H])c2-3)c([2H])c1[2H].[Pt]. The molecule has 0 fully saturated rings. The van der Waals surface area contributed by atoms with Gasteiger partial charge in [-0.15, -0.1) is 29.7 Å². The largest absolute Gasteiger partial charge is 0.509 e. The minimum Gasteiger partial charge on any atom is -0.509 e. The molecule has 5 nitrogen and oxygen atoms in total.